The number of fused-ring (bicyclic) bond motifs is 4. The molecule has 5 N–H and O–H groups in total. The summed E-state index contributed by atoms with van der Waals surface area (Å²) in [7, 11) is -2.09. The molecule has 0 radical (unpaired) electrons. The van der Waals surface area contributed by atoms with Crippen LogP contribution >= 0.6 is 45.2 Å². The molecule has 10 rings (SSSR count). The van der Waals surface area contributed by atoms with Crippen molar-refractivity contribution in [1.82, 2.24) is 20.8 Å². The standard InChI is InChI=1S/C33H53IN2O5Si.C27H39IN2O5.CH4/c1-11-15-39-30-22(13-12-14-25(30)34)18-36-29(31(38)35-26-17-23-16-24(20(26)2)33(23,7)8)28(21(3)37)27(41-36)19-40-42(9,10)32(4,5)6;1-6-10-34-25-17(8-7-9-20(25)28)13-30-24(23(16(3)32)22(14-31)35-30)26(33)29-21-12-18-11-19(15(21)2)27(18,4)5;/h11-14,20-21,23-24,26-29,37H,1,15-19H2,2-10H3,(H,35,38);6-9,15-16,18-19,21-24,31-32H,1,10-14H2,2-5H3,(H,29,33);1H4/t20-,21-,23+,24-,26-,27-,28+,29-;15-,16-,18+,19-,21-,22-,23+,24-;/m00./s1. The van der Waals surface area contributed by atoms with E-state index in [1.165, 1.54) is 12.8 Å². The molecule has 6 aliphatic carbocycles. The van der Waals surface area contributed by atoms with E-state index in [0.29, 0.717) is 79.2 Å². The number of para-hydroxylation sites is 2. The molecule has 0 spiro atoms. The molecular formula is C61H96I2N4O10Si. The minimum Gasteiger partial charge on any atom is -0.488 e. The van der Waals surface area contributed by atoms with Gasteiger partial charge in [0, 0.05) is 35.0 Å². The lowest BCUT2D eigenvalue weighted by Gasteiger charge is -2.62. The Bertz CT molecular complexity index is 2400. The van der Waals surface area contributed by atoms with Crippen LogP contribution in [0.4, 0.5) is 0 Å². The minimum absolute atomic E-state index is 0. The van der Waals surface area contributed by atoms with Crippen LogP contribution in [-0.4, -0.2) is 121 Å². The number of nitrogens with one attached hydrogen (secondary N) is 2. The lowest BCUT2D eigenvalue weighted by atomic mass is 9.45. The number of carbonyl (C=O) groups is 2. The molecule has 6 saturated carbocycles. The molecule has 0 aromatic heterocycles. The van der Waals surface area contributed by atoms with Gasteiger partial charge in [-0.3, -0.25) is 19.3 Å². The zero-order chi connectivity index (χ0) is 56.7. The maximum atomic E-state index is 14.3. The lowest BCUT2D eigenvalue weighted by Crippen LogP contribution is -2.62. The average Bonchev–Trinajstić information content (AvgIpc) is 4.09. The van der Waals surface area contributed by atoms with E-state index in [1.807, 2.05) is 36.4 Å². The third-order valence-corrected chi connectivity index (χ3v) is 26.0. The van der Waals surface area contributed by atoms with Crippen molar-refractivity contribution in [2.45, 2.75) is 189 Å². The summed E-state index contributed by atoms with van der Waals surface area (Å²) in [6.07, 6.45) is 5.18. The predicted molar refractivity (Wildman–Crippen MR) is 328 cm³/mol. The molecule has 4 bridgehead atoms. The first kappa shape index (κ1) is 65.0. The zero-order valence-corrected chi connectivity index (χ0v) is 53.5. The molecule has 2 amide bonds. The Hall–Kier alpha value is -2.18. The number of hydrogen-bond donors (Lipinski definition) is 5. The minimum atomic E-state index is -2.09. The van der Waals surface area contributed by atoms with Gasteiger partial charge in [0.15, 0.2) is 8.32 Å². The van der Waals surface area contributed by atoms with Gasteiger partial charge in [-0.2, -0.15) is 10.1 Å². The van der Waals surface area contributed by atoms with Crippen molar-refractivity contribution < 1.29 is 48.5 Å². The smallest absolute Gasteiger partial charge is 0.240 e. The normalized spacial score (nSPS) is 32.6. The molecule has 2 aliphatic heterocycles. The van der Waals surface area contributed by atoms with E-state index in [0.717, 1.165) is 42.6 Å². The van der Waals surface area contributed by atoms with Crippen molar-refractivity contribution in [2.24, 2.45) is 58.2 Å². The van der Waals surface area contributed by atoms with Gasteiger partial charge in [-0.25, -0.2) is 0 Å². The van der Waals surface area contributed by atoms with Crippen molar-refractivity contribution in [3.63, 3.8) is 0 Å². The second-order valence-corrected chi connectivity index (χ2v) is 33.1. The van der Waals surface area contributed by atoms with Gasteiger partial charge in [-0.1, -0.05) is 119 Å². The van der Waals surface area contributed by atoms with Crippen LogP contribution in [0.15, 0.2) is 61.7 Å². The van der Waals surface area contributed by atoms with Crippen LogP contribution in [0.2, 0.25) is 18.1 Å². The van der Waals surface area contributed by atoms with Crippen molar-refractivity contribution in [3.8, 4) is 11.5 Å². The zero-order valence-electron chi connectivity index (χ0n) is 48.2. The highest BCUT2D eigenvalue weighted by Gasteiger charge is 2.59. The van der Waals surface area contributed by atoms with Gasteiger partial charge in [0.25, 0.3) is 0 Å². The van der Waals surface area contributed by atoms with Crippen molar-refractivity contribution >= 4 is 65.3 Å². The summed E-state index contributed by atoms with van der Waals surface area (Å²) in [5.74, 6) is 3.54. The fourth-order valence-corrected chi connectivity index (χ4v) is 16.2. The van der Waals surface area contributed by atoms with Gasteiger partial charge in [-0.15, -0.1) is 0 Å². The summed E-state index contributed by atoms with van der Waals surface area (Å²) in [4.78, 5) is 40.7. The number of ether oxygens (including phenoxy) is 2. The van der Waals surface area contributed by atoms with E-state index in [4.69, 9.17) is 23.6 Å². The Labute approximate surface area is 496 Å². The number of carbonyl (C=O) groups excluding carboxylic acids is 2. The van der Waals surface area contributed by atoms with E-state index >= 15 is 0 Å². The molecule has 2 heterocycles. The third kappa shape index (κ3) is 13.4. The Morgan fingerprint density at radius 1 is 0.756 bits per heavy atom. The van der Waals surface area contributed by atoms with Gasteiger partial charge in [0.1, 0.15) is 49.0 Å². The summed E-state index contributed by atoms with van der Waals surface area (Å²) in [5, 5.41) is 41.9. The maximum absolute atomic E-state index is 14.3. The fourth-order valence-electron chi connectivity index (χ4n) is 13.8. The molecule has 16 atom stereocenters. The second kappa shape index (κ2) is 26.2. The Kier molecular flexibility index (Phi) is 21.8. The third-order valence-electron chi connectivity index (χ3n) is 19.8. The first-order valence-corrected chi connectivity index (χ1v) is 33.3. The number of hydrogen-bond acceptors (Lipinski definition) is 12. The highest BCUT2D eigenvalue weighted by atomic mass is 127. The van der Waals surface area contributed by atoms with Crippen LogP contribution in [-0.2, 0) is 36.8 Å². The van der Waals surface area contributed by atoms with Gasteiger partial charge in [0.05, 0.1) is 45.7 Å². The highest BCUT2D eigenvalue weighted by Crippen LogP contribution is 2.62. The second-order valence-electron chi connectivity index (χ2n) is 26.0. The molecule has 2 aromatic carbocycles. The molecule has 14 nitrogen and oxygen atoms in total. The molecule has 17 heteroatoms. The number of aliphatic hydroxyl groups excluding tert-OH is 3. The SMILES string of the molecule is C.C=CCOc1c(I)cccc1CN1O[C@@H](CO)[C@@H]([C@H](C)O)[C@H]1C(=O)N[C@H]1C[C@H]2C[C@@H]([C@@H]1C)C2(C)C.C=CCOc1c(I)cccc1CN1O[C@@H](CO[Si](C)(C)C(C)(C)C)[C@@H]([C@H](C)O)[C@H]1C(=O)N[C@H]1C[C@H]2C[C@@H]([C@@H]1C)C2(C)C. The summed E-state index contributed by atoms with van der Waals surface area (Å²) in [6.45, 7) is 37.4. The van der Waals surface area contributed by atoms with E-state index < -0.39 is 56.7 Å². The summed E-state index contributed by atoms with van der Waals surface area (Å²) >= 11 is 4.50. The van der Waals surface area contributed by atoms with Crippen LogP contribution in [0.25, 0.3) is 0 Å². The van der Waals surface area contributed by atoms with Crippen LogP contribution in [0, 0.1) is 65.3 Å². The molecule has 438 valence electrons. The van der Waals surface area contributed by atoms with E-state index in [1.54, 1.807) is 36.1 Å². The van der Waals surface area contributed by atoms with Crippen LogP contribution in [0.1, 0.15) is 120 Å². The molecule has 0 unspecified atom stereocenters. The van der Waals surface area contributed by atoms with Crippen LogP contribution < -0.4 is 20.1 Å². The first-order valence-electron chi connectivity index (χ1n) is 28.2. The molecule has 8 fully saturated rings. The van der Waals surface area contributed by atoms with Crippen molar-refractivity contribution in [3.05, 3.63) is 80.0 Å². The Morgan fingerprint density at radius 2 is 1.15 bits per heavy atom. The summed E-state index contributed by atoms with van der Waals surface area (Å²) in [6, 6.07) is 10.7. The maximum Gasteiger partial charge on any atom is 0.240 e. The van der Waals surface area contributed by atoms with Gasteiger partial charge >= 0.3 is 0 Å². The quantitative estimate of drug-likeness (QED) is 0.0484. The van der Waals surface area contributed by atoms with Crippen LogP contribution in [0.5, 0.6) is 11.5 Å². The Morgan fingerprint density at radius 3 is 1.50 bits per heavy atom. The predicted octanol–water partition coefficient (Wildman–Crippen LogP) is 10.7. The number of aliphatic hydroxyl groups is 3. The van der Waals surface area contributed by atoms with E-state index in [2.05, 4.69) is 144 Å². The first-order chi connectivity index (χ1) is 36.1. The number of rotatable bonds is 20. The number of benzene rings is 2. The summed E-state index contributed by atoms with van der Waals surface area (Å²) in [5.41, 5.74) is 2.46. The molecule has 78 heavy (non-hydrogen) atoms. The monoisotopic (exact) mass is 1330 g/mol. The number of amides is 2. The van der Waals surface area contributed by atoms with Crippen molar-refractivity contribution in [1.29, 1.82) is 0 Å². The molecule has 8 aliphatic rings. The van der Waals surface area contributed by atoms with Gasteiger partial charge in [-0.05, 0) is 161 Å². The largest absolute Gasteiger partial charge is 0.488 e. The van der Waals surface area contributed by atoms with Crippen LogP contribution in [0.3, 0.4) is 0 Å². The van der Waals surface area contributed by atoms with Gasteiger partial charge in [0.2, 0.25) is 11.8 Å². The Balaban J connectivity index is 0.000000253. The average molecular weight is 1330 g/mol. The lowest BCUT2D eigenvalue weighted by molar-refractivity contribution is -0.183. The van der Waals surface area contributed by atoms with E-state index in [-0.39, 0.29) is 43.0 Å². The van der Waals surface area contributed by atoms with Gasteiger partial charge < -0.3 is 39.9 Å². The van der Waals surface area contributed by atoms with E-state index in [9.17, 15) is 24.9 Å². The highest BCUT2D eigenvalue weighted by molar-refractivity contribution is 14.1. The fraction of sp³-hybridized carbons (Fsp3) is 0.705. The number of nitrogens with zero attached hydrogens (tertiary/aromatic N) is 2. The summed E-state index contributed by atoms with van der Waals surface area (Å²) < 4.78 is 20.5. The molecular weight excluding hydrogens is 1230 g/mol. The number of hydroxylamine groups is 4. The van der Waals surface area contributed by atoms with Crippen molar-refractivity contribution in [2.75, 3.05) is 26.4 Å². The molecule has 2 saturated heterocycles. The molecule has 2 aromatic rings. The topological polar surface area (TPSA) is 172 Å². The number of halogens is 2.